The van der Waals surface area contributed by atoms with Crippen LogP contribution in [0, 0.1) is 0 Å². The smallest absolute Gasteiger partial charge is 0.188 e. The Balaban J connectivity index is 1.98. The summed E-state index contributed by atoms with van der Waals surface area (Å²) in [4.78, 5) is 4.48. The van der Waals surface area contributed by atoms with Crippen LogP contribution in [0.3, 0.4) is 0 Å². The van der Waals surface area contributed by atoms with E-state index in [9.17, 15) is 0 Å². The number of aliphatic imine (C=N–C) groups is 1. The van der Waals surface area contributed by atoms with Crippen molar-refractivity contribution in [2.24, 2.45) is 4.99 Å². The topological polar surface area (TPSA) is 21.6 Å². The van der Waals surface area contributed by atoms with Crippen LogP contribution in [-0.2, 0) is 11.2 Å². The molecule has 0 amide bonds. The molecule has 1 atom stereocenters. The fourth-order valence-corrected chi connectivity index (χ4v) is 2.24. The maximum Gasteiger partial charge on any atom is 0.188 e. The summed E-state index contributed by atoms with van der Waals surface area (Å²) < 4.78 is 5.57. The third-order valence-corrected chi connectivity index (χ3v) is 3.08. The molecule has 0 aliphatic carbocycles. The highest BCUT2D eigenvalue weighted by Gasteiger charge is 2.15. The minimum Gasteiger partial charge on any atom is -0.478 e. The zero-order valence-corrected chi connectivity index (χ0v) is 9.89. The van der Waals surface area contributed by atoms with Crippen LogP contribution in [0.15, 0.2) is 47.5 Å². The predicted molar refractivity (Wildman–Crippen MR) is 70.5 cm³/mol. The molecule has 2 aromatic carbocycles. The molecular formula is C15H15NO. The van der Waals surface area contributed by atoms with Gasteiger partial charge in [0.1, 0.15) is 6.61 Å². The average molecular weight is 225 g/mol. The summed E-state index contributed by atoms with van der Waals surface area (Å²) in [6.07, 6.45) is 0.797. The average Bonchev–Trinajstić information content (AvgIpc) is 2.75. The van der Waals surface area contributed by atoms with Gasteiger partial charge in [0, 0.05) is 6.42 Å². The molecule has 2 heteroatoms. The van der Waals surface area contributed by atoms with E-state index in [-0.39, 0.29) is 0 Å². The molecule has 0 spiro atoms. The van der Waals surface area contributed by atoms with E-state index >= 15 is 0 Å². The molecular weight excluding hydrogens is 210 g/mol. The van der Waals surface area contributed by atoms with E-state index < -0.39 is 0 Å². The van der Waals surface area contributed by atoms with Crippen molar-refractivity contribution >= 4 is 16.7 Å². The lowest BCUT2D eigenvalue weighted by molar-refractivity contribution is 0.318. The second kappa shape index (κ2) is 4.21. The molecule has 17 heavy (non-hydrogen) atoms. The van der Waals surface area contributed by atoms with Gasteiger partial charge in [-0.05, 0) is 23.3 Å². The second-order valence-corrected chi connectivity index (χ2v) is 4.50. The standard InChI is InChI=1S/C15H15NO/c1-11-10-17-15(16-11)9-13-7-4-6-12-5-2-3-8-14(12)13/h2-8,11H,9-10H2,1H3. The van der Waals surface area contributed by atoms with E-state index in [1.807, 2.05) is 0 Å². The fraction of sp³-hybridized carbons (Fsp3) is 0.267. The Labute approximate surface area is 101 Å². The van der Waals surface area contributed by atoms with Crippen LogP contribution in [0.2, 0.25) is 0 Å². The highest BCUT2D eigenvalue weighted by atomic mass is 16.5. The lowest BCUT2D eigenvalue weighted by Gasteiger charge is -2.06. The van der Waals surface area contributed by atoms with Crippen LogP contribution >= 0.6 is 0 Å². The minimum absolute atomic E-state index is 0.306. The van der Waals surface area contributed by atoms with Crippen LogP contribution in [0.1, 0.15) is 12.5 Å². The van der Waals surface area contributed by atoms with Gasteiger partial charge in [-0.3, -0.25) is 0 Å². The van der Waals surface area contributed by atoms with E-state index in [0.717, 1.165) is 18.9 Å². The van der Waals surface area contributed by atoms with Gasteiger partial charge < -0.3 is 4.74 Å². The summed E-state index contributed by atoms with van der Waals surface area (Å²) in [5.41, 5.74) is 1.29. The van der Waals surface area contributed by atoms with Gasteiger partial charge in [-0.1, -0.05) is 42.5 Å². The molecule has 1 aliphatic rings. The van der Waals surface area contributed by atoms with Crippen LogP contribution in [0.4, 0.5) is 0 Å². The van der Waals surface area contributed by atoms with Gasteiger partial charge in [0.25, 0.3) is 0 Å². The molecule has 0 bridgehead atoms. The highest BCUT2D eigenvalue weighted by Crippen LogP contribution is 2.20. The molecule has 1 heterocycles. The maximum atomic E-state index is 5.57. The Bertz CT molecular complexity index is 569. The van der Waals surface area contributed by atoms with Crippen molar-refractivity contribution in [3.63, 3.8) is 0 Å². The minimum atomic E-state index is 0.306. The molecule has 1 unspecified atom stereocenters. The molecule has 86 valence electrons. The Kier molecular flexibility index (Phi) is 2.56. The summed E-state index contributed by atoms with van der Waals surface area (Å²) in [7, 11) is 0. The first-order chi connectivity index (χ1) is 8.33. The van der Waals surface area contributed by atoms with Gasteiger partial charge in [-0.25, -0.2) is 4.99 Å². The summed E-state index contributed by atoms with van der Waals surface area (Å²) in [5.74, 6) is 0.869. The molecule has 3 rings (SSSR count). The molecule has 0 fully saturated rings. The quantitative estimate of drug-likeness (QED) is 0.769. The monoisotopic (exact) mass is 225 g/mol. The van der Waals surface area contributed by atoms with Crippen LogP contribution < -0.4 is 0 Å². The van der Waals surface area contributed by atoms with Crippen molar-refractivity contribution in [2.45, 2.75) is 19.4 Å². The Hall–Kier alpha value is -1.83. The first-order valence-electron chi connectivity index (χ1n) is 5.99. The fourth-order valence-electron chi connectivity index (χ4n) is 2.24. The Morgan fingerprint density at radius 1 is 1.18 bits per heavy atom. The van der Waals surface area contributed by atoms with E-state index in [2.05, 4.69) is 54.4 Å². The van der Waals surface area contributed by atoms with Gasteiger partial charge in [-0.2, -0.15) is 0 Å². The second-order valence-electron chi connectivity index (χ2n) is 4.50. The number of fused-ring (bicyclic) bond motifs is 1. The molecule has 0 aromatic heterocycles. The molecule has 0 saturated heterocycles. The Morgan fingerprint density at radius 2 is 2.00 bits per heavy atom. The largest absolute Gasteiger partial charge is 0.478 e. The van der Waals surface area contributed by atoms with E-state index in [1.165, 1.54) is 16.3 Å². The first kappa shape index (κ1) is 10.3. The number of hydrogen-bond acceptors (Lipinski definition) is 2. The molecule has 0 saturated carbocycles. The molecule has 1 aliphatic heterocycles. The third-order valence-electron chi connectivity index (χ3n) is 3.08. The highest BCUT2D eigenvalue weighted by molar-refractivity contribution is 5.90. The van der Waals surface area contributed by atoms with Crippen LogP contribution in [-0.4, -0.2) is 18.5 Å². The maximum absolute atomic E-state index is 5.57. The van der Waals surface area contributed by atoms with E-state index in [4.69, 9.17) is 4.74 Å². The van der Waals surface area contributed by atoms with Crippen LogP contribution in [0.5, 0.6) is 0 Å². The van der Waals surface area contributed by atoms with Crippen molar-refractivity contribution in [3.05, 3.63) is 48.0 Å². The number of hydrogen-bond donors (Lipinski definition) is 0. The predicted octanol–water partition coefficient (Wildman–Crippen LogP) is 3.20. The SMILES string of the molecule is CC1COC(Cc2cccc3ccccc23)=N1. The lowest BCUT2D eigenvalue weighted by Crippen LogP contribution is -2.04. The third kappa shape index (κ3) is 2.03. The zero-order chi connectivity index (χ0) is 11.7. The molecule has 0 N–H and O–H groups in total. The molecule has 0 radical (unpaired) electrons. The summed E-state index contributed by atoms with van der Waals surface area (Å²) in [6.45, 7) is 2.80. The van der Waals surface area contributed by atoms with Gasteiger partial charge in [-0.15, -0.1) is 0 Å². The number of nitrogens with zero attached hydrogens (tertiary/aromatic N) is 1. The molecule has 2 aromatic rings. The van der Waals surface area contributed by atoms with Gasteiger partial charge in [0.2, 0.25) is 0 Å². The number of ether oxygens (including phenoxy) is 1. The van der Waals surface area contributed by atoms with E-state index in [1.54, 1.807) is 0 Å². The summed E-state index contributed by atoms with van der Waals surface area (Å²) >= 11 is 0. The number of benzene rings is 2. The lowest BCUT2D eigenvalue weighted by atomic mass is 10.0. The molecule has 2 nitrogen and oxygen atoms in total. The van der Waals surface area contributed by atoms with Gasteiger partial charge in [0.05, 0.1) is 6.04 Å². The first-order valence-corrected chi connectivity index (χ1v) is 5.99. The van der Waals surface area contributed by atoms with Crippen molar-refractivity contribution in [1.29, 1.82) is 0 Å². The van der Waals surface area contributed by atoms with Crippen molar-refractivity contribution in [3.8, 4) is 0 Å². The Morgan fingerprint density at radius 3 is 2.82 bits per heavy atom. The normalized spacial score (nSPS) is 19.1. The zero-order valence-electron chi connectivity index (χ0n) is 9.89. The van der Waals surface area contributed by atoms with Crippen molar-refractivity contribution < 1.29 is 4.74 Å². The van der Waals surface area contributed by atoms with Gasteiger partial charge in [0.15, 0.2) is 5.90 Å². The van der Waals surface area contributed by atoms with Crippen molar-refractivity contribution in [1.82, 2.24) is 0 Å². The summed E-state index contributed by atoms with van der Waals surface area (Å²) in [5, 5.41) is 2.57. The van der Waals surface area contributed by atoms with Crippen molar-refractivity contribution in [2.75, 3.05) is 6.61 Å². The number of rotatable bonds is 2. The van der Waals surface area contributed by atoms with Gasteiger partial charge >= 0.3 is 0 Å². The van der Waals surface area contributed by atoms with Crippen LogP contribution in [0.25, 0.3) is 10.8 Å². The van der Waals surface area contributed by atoms with E-state index in [0.29, 0.717) is 6.04 Å². The summed E-state index contributed by atoms with van der Waals surface area (Å²) in [6, 6.07) is 15.1.